The molecule has 36 heavy (non-hydrogen) atoms. The van der Waals surface area contributed by atoms with E-state index in [0.717, 1.165) is 40.2 Å². The minimum atomic E-state index is -3.28. The van der Waals surface area contributed by atoms with E-state index >= 15 is 0 Å². The maximum Gasteiger partial charge on any atom is 0.387 e. The summed E-state index contributed by atoms with van der Waals surface area (Å²) >= 11 is 0.815. The van der Waals surface area contributed by atoms with Crippen molar-refractivity contribution in [1.29, 1.82) is 0 Å². The molecule has 0 atom stereocenters. The first-order valence-electron chi connectivity index (χ1n) is 10.7. The van der Waals surface area contributed by atoms with E-state index < -0.39 is 36.3 Å². The molecular weight excluding hydrogens is 512 g/mol. The Morgan fingerprint density at radius 1 is 1.14 bits per heavy atom. The molecule has 2 heterocycles. The lowest BCUT2D eigenvalue weighted by atomic mass is 10.2. The molecule has 1 saturated heterocycles. The summed E-state index contributed by atoms with van der Waals surface area (Å²) in [5.74, 6) is -2.05. The van der Waals surface area contributed by atoms with Gasteiger partial charge in [0.2, 0.25) is 5.91 Å². The largest absolute Gasteiger partial charge is 0.463 e. The second-order valence-corrected chi connectivity index (χ2v) is 8.25. The van der Waals surface area contributed by atoms with Crippen LogP contribution in [-0.2, 0) is 25.6 Å². The third-order valence-electron chi connectivity index (χ3n) is 4.83. The molecule has 14 heteroatoms. The van der Waals surface area contributed by atoms with E-state index in [1.54, 1.807) is 6.92 Å². The van der Waals surface area contributed by atoms with Gasteiger partial charge in [-0.15, -0.1) is 11.3 Å². The van der Waals surface area contributed by atoms with Gasteiger partial charge in [-0.05, 0) is 25.1 Å². The van der Waals surface area contributed by atoms with E-state index in [0.29, 0.717) is 26.3 Å². The number of hydrogen-bond donors (Lipinski definition) is 0. The Labute approximate surface area is 205 Å². The third kappa shape index (κ3) is 7.31. The van der Waals surface area contributed by atoms with E-state index in [1.165, 1.54) is 11.0 Å². The number of morpholine rings is 1. The highest BCUT2D eigenvalue weighted by atomic mass is 32.1. The summed E-state index contributed by atoms with van der Waals surface area (Å²) in [6.45, 7) is -3.78. The van der Waals surface area contributed by atoms with Crippen molar-refractivity contribution in [2.24, 2.45) is 0 Å². The normalized spacial score (nSPS) is 15.0. The Kier molecular flexibility index (Phi) is 9.47. The van der Waals surface area contributed by atoms with Gasteiger partial charge in [0.05, 0.1) is 30.4 Å². The SMILES string of the molecule is CCOC(=O)/C=c1\s/c(=C/c2ccc(OC(F)F)cc2OC(F)F)c(=O)n1CC(=O)N1CCOCC1. The van der Waals surface area contributed by atoms with Crippen LogP contribution in [-0.4, -0.2) is 67.5 Å². The zero-order valence-electron chi connectivity index (χ0n) is 19.0. The lowest BCUT2D eigenvalue weighted by Gasteiger charge is -2.26. The number of nitrogens with zero attached hydrogens (tertiary/aromatic N) is 2. The Bertz CT molecular complexity index is 1260. The number of benzene rings is 1. The second kappa shape index (κ2) is 12.5. The van der Waals surface area contributed by atoms with Crippen LogP contribution in [0.5, 0.6) is 11.5 Å². The fraction of sp³-hybridized carbons (Fsp3) is 0.409. The number of aromatic nitrogens is 1. The highest BCUT2D eigenvalue weighted by molar-refractivity contribution is 7.07. The number of hydrogen-bond acceptors (Lipinski definition) is 8. The molecule has 0 spiro atoms. The number of carbonyl (C=O) groups excluding carboxylic acids is 2. The molecule has 0 N–H and O–H groups in total. The molecule has 1 aromatic carbocycles. The van der Waals surface area contributed by atoms with Gasteiger partial charge in [-0.25, -0.2) is 4.79 Å². The summed E-state index contributed by atoms with van der Waals surface area (Å²) in [7, 11) is 0. The number of ether oxygens (including phenoxy) is 4. The highest BCUT2D eigenvalue weighted by Crippen LogP contribution is 2.28. The lowest BCUT2D eigenvalue weighted by Crippen LogP contribution is -2.45. The van der Waals surface area contributed by atoms with Crippen LogP contribution in [0.2, 0.25) is 0 Å². The average Bonchev–Trinajstić information content (AvgIpc) is 3.09. The summed E-state index contributed by atoms with van der Waals surface area (Å²) in [5, 5.41) is 0. The molecular formula is C22H22F4N2O7S. The quantitative estimate of drug-likeness (QED) is 0.352. The van der Waals surface area contributed by atoms with Gasteiger partial charge in [0.25, 0.3) is 5.56 Å². The first-order valence-corrected chi connectivity index (χ1v) is 11.5. The van der Waals surface area contributed by atoms with E-state index in [1.807, 2.05) is 0 Å². The molecule has 9 nitrogen and oxygen atoms in total. The number of amides is 1. The molecule has 1 fully saturated rings. The van der Waals surface area contributed by atoms with E-state index in [4.69, 9.17) is 9.47 Å². The van der Waals surface area contributed by atoms with E-state index in [9.17, 15) is 31.9 Å². The third-order valence-corrected chi connectivity index (χ3v) is 5.89. The standard InChI is InChI=1S/C22H22F4N2O7S/c1-2-33-19(30)11-18-28(12-17(29)27-5-7-32-8-6-27)20(31)16(36-18)9-13-3-4-14(34-21(23)24)10-15(13)35-22(25)26/h3-4,9-11,21-22H,2,5-8,12H2,1H3/b16-9+,18-11-. The molecule has 0 bridgehead atoms. The monoisotopic (exact) mass is 534 g/mol. The minimum Gasteiger partial charge on any atom is -0.463 e. The summed E-state index contributed by atoms with van der Waals surface area (Å²) in [6.07, 6.45) is 2.24. The van der Waals surface area contributed by atoms with Gasteiger partial charge < -0.3 is 23.8 Å². The van der Waals surface area contributed by atoms with Crippen molar-refractivity contribution in [3.63, 3.8) is 0 Å². The van der Waals surface area contributed by atoms with Crippen LogP contribution < -0.4 is 24.2 Å². The van der Waals surface area contributed by atoms with Gasteiger partial charge in [0.1, 0.15) is 22.7 Å². The van der Waals surface area contributed by atoms with Crippen LogP contribution in [0.1, 0.15) is 12.5 Å². The molecule has 1 amide bonds. The van der Waals surface area contributed by atoms with Crippen LogP contribution in [0.4, 0.5) is 17.6 Å². The molecule has 0 unspecified atom stereocenters. The number of alkyl halides is 4. The summed E-state index contributed by atoms with van der Waals surface area (Å²) < 4.78 is 70.8. The molecule has 0 aliphatic carbocycles. The smallest absolute Gasteiger partial charge is 0.387 e. The molecule has 0 radical (unpaired) electrons. The van der Waals surface area contributed by atoms with Gasteiger partial charge in [-0.3, -0.25) is 14.2 Å². The zero-order chi connectivity index (χ0) is 26.2. The van der Waals surface area contributed by atoms with Crippen LogP contribution in [0.15, 0.2) is 23.0 Å². The van der Waals surface area contributed by atoms with Gasteiger partial charge in [-0.2, -0.15) is 17.6 Å². The van der Waals surface area contributed by atoms with E-state index in [-0.39, 0.29) is 33.8 Å². The van der Waals surface area contributed by atoms with Crippen LogP contribution in [0.3, 0.4) is 0 Å². The Morgan fingerprint density at radius 3 is 2.47 bits per heavy atom. The van der Waals surface area contributed by atoms with Crippen LogP contribution in [0, 0.1) is 0 Å². The molecule has 1 aliphatic heterocycles. The molecule has 0 saturated carbocycles. The van der Waals surface area contributed by atoms with Gasteiger partial charge in [-0.1, -0.05) is 0 Å². The zero-order valence-corrected chi connectivity index (χ0v) is 19.8. The molecule has 1 aromatic heterocycles. The predicted molar refractivity (Wildman–Crippen MR) is 120 cm³/mol. The summed E-state index contributed by atoms with van der Waals surface area (Å²) in [4.78, 5) is 39.5. The summed E-state index contributed by atoms with van der Waals surface area (Å²) in [5.41, 5.74) is -0.710. The van der Waals surface area contributed by atoms with Crippen LogP contribution in [0.25, 0.3) is 12.2 Å². The second-order valence-electron chi connectivity index (χ2n) is 7.19. The lowest BCUT2D eigenvalue weighted by molar-refractivity contribution is -0.136. The average molecular weight is 534 g/mol. The number of rotatable bonds is 9. The first-order chi connectivity index (χ1) is 17.2. The number of esters is 1. The minimum absolute atomic E-state index is 0.0260. The van der Waals surface area contributed by atoms with Gasteiger partial charge in [0.15, 0.2) is 0 Å². The maximum absolute atomic E-state index is 13.2. The van der Waals surface area contributed by atoms with Crippen molar-refractivity contribution >= 4 is 35.4 Å². The number of halogens is 4. The van der Waals surface area contributed by atoms with Gasteiger partial charge >= 0.3 is 19.2 Å². The Hall–Kier alpha value is -3.39. The summed E-state index contributed by atoms with van der Waals surface area (Å²) in [6, 6.07) is 3.09. The van der Waals surface area contributed by atoms with E-state index in [2.05, 4.69) is 9.47 Å². The molecule has 1 aliphatic rings. The number of carbonyl (C=O) groups is 2. The Morgan fingerprint density at radius 2 is 1.83 bits per heavy atom. The predicted octanol–water partition coefficient (Wildman–Crippen LogP) is 1.14. The first kappa shape index (κ1) is 27.2. The molecule has 2 aromatic rings. The Balaban J connectivity index is 2.08. The fourth-order valence-corrected chi connectivity index (χ4v) is 4.30. The van der Waals surface area contributed by atoms with Crippen molar-refractivity contribution in [2.45, 2.75) is 26.7 Å². The maximum atomic E-state index is 13.2. The molecule has 3 rings (SSSR count). The van der Waals surface area contributed by atoms with Gasteiger partial charge in [0, 0.05) is 24.7 Å². The number of thiazole rings is 1. The fourth-order valence-electron chi connectivity index (χ4n) is 3.27. The van der Waals surface area contributed by atoms with Crippen molar-refractivity contribution in [2.75, 3.05) is 32.9 Å². The van der Waals surface area contributed by atoms with Crippen molar-refractivity contribution in [3.8, 4) is 11.5 Å². The topological polar surface area (TPSA) is 96.3 Å². The van der Waals surface area contributed by atoms with Crippen molar-refractivity contribution in [3.05, 3.63) is 43.3 Å². The molecule has 196 valence electrons. The van der Waals surface area contributed by atoms with Crippen molar-refractivity contribution < 1.29 is 46.1 Å². The highest BCUT2D eigenvalue weighted by Gasteiger charge is 2.20. The van der Waals surface area contributed by atoms with Crippen molar-refractivity contribution in [1.82, 2.24) is 9.47 Å². The van der Waals surface area contributed by atoms with Crippen LogP contribution >= 0.6 is 11.3 Å².